The van der Waals surface area contributed by atoms with E-state index in [2.05, 4.69) is 4.72 Å². The summed E-state index contributed by atoms with van der Waals surface area (Å²) in [6.07, 6.45) is 0. The number of hydrogen-bond acceptors (Lipinski definition) is 4. The normalized spacial score (nSPS) is 11.0. The Hall–Kier alpha value is -2.41. The molecular weight excluding hydrogens is 321 g/mol. The molecule has 2 aromatic rings. The number of hydrogen-bond donors (Lipinski definition) is 1. The van der Waals surface area contributed by atoms with E-state index in [1.807, 2.05) is 0 Å². The number of esters is 1. The Morgan fingerprint density at radius 2 is 1.78 bits per heavy atom. The van der Waals surface area contributed by atoms with E-state index in [9.17, 15) is 17.6 Å². The molecule has 0 unspecified atom stereocenters. The molecule has 0 aliphatic carbocycles. The molecule has 122 valence electrons. The molecule has 0 amide bonds. The molecule has 0 aromatic heterocycles. The fraction of sp³-hybridized carbons (Fsp3) is 0.188. The van der Waals surface area contributed by atoms with Crippen LogP contribution >= 0.6 is 0 Å². The van der Waals surface area contributed by atoms with E-state index >= 15 is 0 Å². The van der Waals surface area contributed by atoms with Gasteiger partial charge in [-0.25, -0.2) is 17.6 Å². The number of benzene rings is 2. The zero-order valence-corrected chi connectivity index (χ0v) is 13.3. The molecule has 7 heteroatoms. The third-order valence-corrected chi connectivity index (χ3v) is 4.21. The van der Waals surface area contributed by atoms with Crippen molar-refractivity contribution in [1.29, 1.82) is 0 Å². The summed E-state index contributed by atoms with van der Waals surface area (Å²) < 4.78 is 44.9. The van der Waals surface area contributed by atoms with Crippen molar-refractivity contribution >= 4 is 21.7 Å². The van der Waals surface area contributed by atoms with Crippen LogP contribution in [0.5, 0.6) is 0 Å². The van der Waals surface area contributed by atoms with Gasteiger partial charge in [-0.05, 0) is 37.3 Å². The summed E-state index contributed by atoms with van der Waals surface area (Å²) in [4.78, 5) is 11.5. The van der Waals surface area contributed by atoms with Crippen molar-refractivity contribution in [3.05, 3.63) is 65.5 Å². The van der Waals surface area contributed by atoms with Crippen LogP contribution in [0.2, 0.25) is 0 Å². The molecule has 0 aliphatic heterocycles. The number of carbonyl (C=O) groups excluding carboxylic acids is 1. The topological polar surface area (TPSA) is 72.5 Å². The third-order valence-electron chi connectivity index (χ3n) is 2.97. The van der Waals surface area contributed by atoms with Gasteiger partial charge in [0.1, 0.15) is 5.82 Å². The second-order valence-corrected chi connectivity index (χ2v) is 6.47. The molecule has 2 aromatic carbocycles. The molecule has 2 rings (SSSR count). The van der Waals surface area contributed by atoms with Gasteiger partial charge in [-0.1, -0.05) is 18.2 Å². The first-order valence-corrected chi connectivity index (χ1v) is 8.57. The first kappa shape index (κ1) is 17.0. The van der Waals surface area contributed by atoms with Crippen LogP contribution in [-0.2, 0) is 20.5 Å². The second-order valence-electron chi connectivity index (χ2n) is 4.75. The van der Waals surface area contributed by atoms with Crippen molar-refractivity contribution in [2.45, 2.75) is 12.7 Å². The number of nitrogens with one attached hydrogen (secondary N) is 1. The van der Waals surface area contributed by atoms with Crippen molar-refractivity contribution in [2.75, 3.05) is 11.3 Å². The monoisotopic (exact) mass is 337 g/mol. The van der Waals surface area contributed by atoms with Gasteiger partial charge in [-0.15, -0.1) is 0 Å². The smallest absolute Gasteiger partial charge is 0.338 e. The third kappa shape index (κ3) is 4.79. The molecule has 0 aliphatic rings. The fourth-order valence-corrected chi connectivity index (χ4v) is 3.14. The average Bonchev–Trinajstić information content (AvgIpc) is 2.50. The number of halogens is 1. The van der Waals surface area contributed by atoms with E-state index in [1.165, 1.54) is 42.5 Å². The maximum atomic E-state index is 13.5. The summed E-state index contributed by atoms with van der Waals surface area (Å²) in [6, 6.07) is 11.5. The van der Waals surface area contributed by atoms with Crippen LogP contribution in [0.1, 0.15) is 22.8 Å². The van der Waals surface area contributed by atoms with Crippen LogP contribution in [0, 0.1) is 5.82 Å². The molecule has 0 bridgehead atoms. The van der Waals surface area contributed by atoms with Crippen molar-refractivity contribution in [3.63, 3.8) is 0 Å². The van der Waals surface area contributed by atoms with Crippen LogP contribution in [0.25, 0.3) is 0 Å². The van der Waals surface area contributed by atoms with E-state index < -0.39 is 27.6 Å². The zero-order chi connectivity index (χ0) is 16.9. The lowest BCUT2D eigenvalue weighted by Gasteiger charge is -2.09. The van der Waals surface area contributed by atoms with E-state index in [-0.39, 0.29) is 17.9 Å². The van der Waals surface area contributed by atoms with Gasteiger partial charge in [0.15, 0.2) is 0 Å². The van der Waals surface area contributed by atoms with Crippen molar-refractivity contribution < 1.29 is 22.3 Å². The number of sulfonamides is 1. The minimum absolute atomic E-state index is 0.0862. The summed E-state index contributed by atoms with van der Waals surface area (Å²) in [7, 11) is -3.76. The average molecular weight is 337 g/mol. The van der Waals surface area contributed by atoms with Gasteiger partial charge in [0, 0.05) is 11.3 Å². The highest BCUT2D eigenvalue weighted by Crippen LogP contribution is 2.16. The molecule has 0 radical (unpaired) electrons. The van der Waals surface area contributed by atoms with Gasteiger partial charge in [-0.3, -0.25) is 4.72 Å². The molecule has 5 nitrogen and oxygen atoms in total. The van der Waals surface area contributed by atoms with Crippen LogP contribution < -0.4 is 4.72 Å². The highest BCUT2D eigenvalue weighted by molar-refractivity contribution is 7.91. The molecule has 0 atom stereocenters. The van der Waals surface area contributed by atoms with Crippen molar-refractivity contribution in [1.82, 2.24) is 0 Å². The van der Waals surface area contributed by atoms with E-state index in [1.54, 1.807) is 13.0 Å². The number of rotatable bonds is 6. The van der Waals surface area contributed by atoms with Crippen LogP contribution in [0.15, 0.2) is 48.5 Å². The minimum atomic E-state index is -3.76. The maximum Gasteiger partial charge on any atom is 0.338 e. The van der Waals surface area contributed by atoms with Crippen molar-refractivity contribution in [3.8, 4) is 0 Å². The van der Waals surface area contributed by atoms with Gasteiger partial charge >= 0.3 is 5.97 Å². The first-order valence-electron chi connectivity index (χ1n) is 6.92. The second kappa shape index (κ2) is 7.23. The largest absolute Gasteiger partial charge is 0.462 e. The van der Waals surface area contributed by atoms with Crippen LogP contribution in [0.4, 0.5) is 10.1 Å². The number of anilines is 1. The van der Waals surface area contributed by atoms with E-state index in [0.717, 1.165) is 0 Å². The quantitative estimate of drug-likeness (QED) is 0.823. The fourth-order valence-electron chi connectivity index (χ4n) is 1.92. The maximum absolute atomic E-state index is 13.5. The molecule has 0 spiro atoms. The van der Waals surface area contributed by atoms with Gasteiger partial charge in [0.25, 0.3) is 0 Å². The summed E-state index contributed by atoms with van der Waals surface area (Å²) in [5, 5.41) is 0. The standard InChI is InChI=1S/C16H16FNO4S/c1-2-22-16(19)12-7-9-14(10-8-12)18-23(20,21)11-13-5-3-4-6-15(13)17/h3-10,18H,2,11H2,1H3. The zero-order valence-electron chi connectivity index (χ0n) is 12.5. The molecular formula is C16H16FNO4S. The Morgan fingerprint density at radius 3 is 2.39 bits per heavy atom. The molecule has 0 heterocycles. The Bertz CT molecular complexity index is 788. The van der Waals surface area contributed by atoms with E-state index in [0.29, 0.717) is 5.56 Å². The Balaban J connectivity index is 2.09. The SMILES string of the molecule is CCOC(=O)c1ccc(NS(=O)(=O)Cc2ccccc2F)cc1. The lowest BCUT2D eigenvalue weighted by molar-refractivity contribution is 0.0526. The predicted octanol–water partition coefficient (Wildman–Crippen LogP) is 2.94. The Kier molecular flexibility index (Phi) is 5.33. The van der Waals surface area contributed by atoms with Gasteiger partial charge in [0.05, 0.1) is 17.9 Å². The number of ether oxygens (including phenoxy) is 1. The molecule has 0 saturated carbocycles. The van der Waals surface area contributed by atoms with Gasteiger partial charge < -0.3 is 4.74 Å². The predicted molar refractivity (Wildman–Crippen MR) is 85.0 cm³/mol. The molecule has 23 heavy (non-hydrogen) atoms. The molecule has 0 saturated heterocycles. The van der Waals surface area contributed by atoms with Gasteiger partial charge in [0.2, 0.25) is 10.0 Å². The van der Waals surface area contributed by atoms with Crippen LogP contribution in [0.3, 0.4) is 0 Å². The minimum Gasteiger partial charge on any atom is -0.462 e. The van der Waals surface area contributed by atoms with Crippen molar-refractivity contribution in [2.24, 2.45) is 0 Å². The lowest BCUT2D eigenvalue weighted by atomic mass is 10.2. The van der Waals surface area contributed by atoms with E-state index in [4.69, 9.17) is 4.74 Å². The summed E-state index contributed by atoms with van der Waals surface area (Å²) in [6.45, 7) is 1.96. The number of carbonyl (C=O) groups is 1. The molecule has 0 fully saturated rings. The van der Waals surface area contributed by atoms with Crippen LogP contribution in [-0.4, -0.2) is 21.0 Å². The lowest BCUT2D eigenvalue weighted by Crippen LogP contribution is -2.16. The van der Waals surface area contributed by atoms with Gasteiger partial charge in [-0.2, -0.15) is 0 Å². The summed E-state index contributed by atoms with van der Waals surface area (Å²) in [5.41, 5.74) is 0.696. The molecule has 1 N–H and O–H groups in total. The Labute approximate surface area is 134 Å². The highest BCUT2D eigenvalue weighted by atomic mass is 32.2. The highest BCUT2D eigenvalue weighted by Gasteiger charge is 2.15. The summed E-state index contributed by atoms with van der Waals surface area (Å²) >= 11 is 0. The Morgan fingerprint density at radius 1 is 1.13 bits per heavy atom. The summed E-state index contributed by atoms with van der Waals surface area (Å²) in [5.74, 6) is -1.52. The first-order chi connectivity index (χ1) is 10.9.